The molecule has 2 atom stereocenters. The van der Waals surface area contributed by atoms with E-state index in [9.17, 15) is 13.2 Å². The molecule has 0 spiro atoms. The van der Waals surface area contributed by atoms with Gasteiger partial charge < -0.3 is 0 Å². The van der Waals surface area contributed by atoms with Gasteiger partial charge in [0.2, 0.25) is 0 Å². The fraction of sp³-hybridized carbons (Fsp3) is 1.00. The van der Waals surface area contributed by atoms with Gasteiger partial charge >= 0.3 is 0 Å². The molecule has 0 aromatic heterocycles. The predicted molar refractivity (Wildman–Crippen MR) is 63.1 cm³/mol. The molecule has 2 aliphatic carbocycles. The Morgan fingerprint density at radius 1 is 0.882 bits per heavy atom. The number of alkyl halides is 3. The second kappa shape index (κ2) is 5.62. The van der Waals surface area contributed by atoms with Gasteiger partial charge in [0, 0.05) is 5.92 Å². The molecule has 0 bridgehead atoms. The maximum atomic E-state index is 13.7. The molecule has 0 radical (unpaired) electrons. The van der Waals surface area contributed by atoms with Gasteiger partial charge in [0.05, 0.1) is 6.67 Å². The van der Waals surface area contributed by atoms with Crippen LogP contribution in [0.4, 0.5) is 13.2 Å². The van der Waals surface area contributed by atoms with Gasteiger partial charge in [-0.2, -0.15) is 0 Å². The molecule has 17 heavy (non-hydrogen) atoms. The van der Waals surface area contributed by atoms with E-state index in [1.54, 1.807) is 0 Å². The van der Waals surface area contributed by atoms with Crippen molar-refractivity contribution in [2.45, 2.75) is 57.8 Å². The molecule has 0 N–H and O–H groups in total. The van der Waals surface area contributed by atoms with Gasteiger partial charge in [-0.25, -0.2) is 8.78 Å². The molecular weight excluding hydrogens is 225 g/mol. The lowest BCUT2D eigenvalue weighted by atomic mass is 9.68. The molecule has 2 fully saturated rings. The second-order valence-electron chi connectivity index (χ2n) is 6.10. The minimum atomic E-state index is -1.27. The molecule has 0 nitrogen and oxygen atoms in total. The summed E-state index contributed by atoms with van der Waals surface area (Å²) in [5, 5.41) is 0. The van der Waals surface area contributed by atoms with Crippen LogP contribution in [0, 0.1) is 23.7 Å². The normalized spacial score (nSPS) is 48.0. The molecule has 0 aromatic carbocycles. The minimum absolute atomic E-state index is 0.148. The molecule has 0 amide bonds. The summed E-state index contributed by atoms with van der Waals surface area (Å²) in [6.45, 7) is 1.39. The summed E-state index contributed by atoms with van der Waals surface area (Å²) in [4.78, 5) is 0. The quantitative estimate of drug-likeness (QED) is 0.675. The fourth-order valence-electron chi connectivity index (χ4n) is 3.59. The van der Waals surface area contributed by atoms with E-state index in [1.807, 2.05) is 0 Å². The van der Waals surface area contributed by atoms with Crippen LogP contribution in [-0.2, 0) is 0 Å². The van der Waals surface area contributed by atoms with E-state index in [4.69, 9.17) is 0 Å². The van der Waals surface area contributed by atoms with Gasteiger partial charge in [0.1, 0.15) is 12.3 Å². The van der Waals surface area contributed by atoms with Crippen LogP contribution < -0.4 is 0 Å². The van der Waals surface area contributed by atoms with Gasteiger partial charge in [0.25, 0.3) is 0 Å². The third-order valence-corrected chi connectivity index (χ3v) is 4.89. The number of halogens is 3. The maximum Gasteiger partial charge on any atom is 0.108 e. The minimum Gasteiger partial charge on any atom is -0.251 e. The Labute approximate surface area is 102 Å². The van der Waals surface area contributed by atoms with E-state index >= 15 is 0 Å². The van der Waals surface area contributed by atoms with Gasteiger partial charge in [0.15, 0.2) is 0 Å². The van der Waals surface area contributed by atoms with E-state index in [0.29, 0.717) is 18.8 Å². The van der Waals surface area contributed by atoms with Crippen molar-refractivity contribution >= 4 is 0 Å². The van der Waals surface area contributed by atoms with Crippen LogP contribution in [0.2, 0.25) is 0 Å². The maximum absolute atomic E-state index is 13.7. The van der Waals surface area contributed by atoms with Gasteiger partial charge in [-0.1, -0.05) is 19.8 Å². The molecule has 0 saturated heterocycles. The summed E-state index contributed by atoms with van der Waals surface area (Å²) in [7, 11) is 0. The van der Waals surface area contributed by atoms with Crippen molar-refractivity contribution in [1.29, 1.82) is 0 Å². The average Bonchev–Trinajstić information content (AvgIpc) is 2.29. The van der Waals surface area contributed by atoms with Gasteiger partial charge in [-0.3, -0.25) is 4.39 Å². The molecule has 2 rings (SSSR count). The average molecular weight is 248 g/mol. The van der Waals surface area contributed by atoms with Crippen molar-refractivity contribution in [3.63, 3.8) is 0 Å². The molecule has 100 valence electrons. The smallest absolute Gasteiger partial charge is 0.108 e. The standard InChI is InChI=1S/C14H23F3/c1-9-2-4-10(5-3-9)11-6-13(16)12(8-15)14(17)7-11/h9-14H,2-8H2,1H3. The second-order valence-corrected chi connectivity index (χ2v) is 6.10. The van der Waals surface area contributed by atoms with Crippen LogP contribution in [0.15, 0.2) is 0 Å². The highest BCUT2D eigenvalue weighted by Gasteiger charge is 2.41. The lowest BCUT2D eigenvalue weighted by molar-refractivity contribution is 0.00513. The zero-order chi connectivity index (χ0) is 12.4. The van der Waals surface area contributed by atoms with Crippen molar-refractivity contribution in [3.05, 3.63) is 0 Å². The Balaban J connectivity index is 1.90. The monoisotopic (exact) mass is 248 g/mol. The lowest BCUT2D eigenvalue weighted by Gasteiger charge is -2.39. The Bertz CT molecular complexity index is 224. The summed E-state index contributed by atoms with van der Waals surface area (Å²) in [6, 6.07) is 0. The molecular formula is C14H23F3. The topological polar surface area (TPSA) is 0 Å². The van der Waals surface area contributed by atoms with Crippen molar-refractivity contribution in [3.8, 4) is 0 Å². The lowest BCUT2D eigenvalue weighted by Crippen LogP contribution is -2.39. The summed E-state index contributed by atoms with van der Waals surface area (Å²) < 4.78 is 39.9. The molecule has 3 heteroatoms. The fourth-order valence-corrected chi connectivity index (χ4v) is 3.59. The van der Waals surface area contributed by atoms with Crippen LogP contribution >= 0.6 is 0 Å². The first-order valence-electron chi connectivity index (χ1n) is 6.96. The third kappa shape index (κ3) is 2.97. The van der Waals surface area contributed by atoms with Crippen LogP contribution in [0.1, 0.15) is 45.4 Å². The first kappa shape index (κ1) is 13.2. The molecule has 0 aromatic rings. The first-order valence-corrected chi connectivity index (χ1v) is 6.96. The molecule has 2 saturated carbocycles. The Kier molecular flexibility index (Phi) is 4.37. The van der Waals surface area contributed by atoms with Crippen molar-refractivity contribution in [2.75, 3.05) is 6.67 Å². The van der Waals surface area contributed by atoms with E-state index in [2.05, 4.69) is 6.92 Å². The highest BCUT2D eigenvalue weighted by Crippen LogP contribution is 2.43. The Hall–Kier alpha value is -0.210. The summed E-state index contributed by atoms with van der Waals surface area (Å²) in [5.41, 5.74) is 0. The van der Waals surface area contributed by atoms with Crippen molar-refractivity contribution < 1.29 is 13.2 Å². The zero-order valence-corrected chi connectivity index (χ0v) is 10.5. The largest absolute Gasteiger partial charge is 0.251 e. The van der Waals surface area contributed by atoms with Crippen LogP contribution in [-0.4, -0.2) is 19.0 Å². The summed E-state index contributed by atoms with van der Waals surface area (Å²) in [6.07, 6.45) is 2.80. The number of hydrogen-bond donors (Lipinski definition) is 0. The van der Waals surface area contributed by atoms with Crippen molar-refractivity contribution in [1.82, 2.24) is 0 Å². The number of hydrogen-bond acceptors (Lipinski definition) is 0. The molecule has 2 aliphatic rings. The van der Waals surface area contributed by atoms with Crippen LogP contribution in [0.5, 0.6) is 0 Å². The highest BCUT2D eigenvalue weighted by molar-refractivity contribution is 4.90. The zero-order valence-electron chi connectivity index (χ0n) is 10.5. The van der Waals surface area contributed by atoms with Gasteiger partial charge in [-0.15, -0.1) is 0 Å². The number of rotatable bonds is 2. The summed E-state index contributed by atoms with van der Waals surface area (Å²) >= 11 is 0. The van der Waals surface area contributed by atoms with Crippen molar-refractivity contribution in [2.24, 2.45) is 23.7 Å². The third-order valence-electron chi connectivity index (χ3n) is 4.89. The first-order chi connectivity index (χ1) is 8.11. The van der Waals surface area contributed by atoms with E-state index in [-0.39, 0.29) is 5.92 Å². The van der Waals surface area contributed by atoms with Gasteiger partial charge in [-0.05, 0) is 43.4 Å². The molecule has 2 unspecified atom stereocenters. The Morgan fingerprint density at radius 3 is 1.88 bits per heavy atom. The Morgan fingerprint density at radius 2 is 1.41 bits per heavy atom. The molecule has 0 aliphatic heterocycles. The highest BCUT2D eigenvalue weighted by atomic mass is 19.2. The molecule has 0 heterocycles. The van der Waals surface area contributed by atoms with E-state index in [0.717, 1.165) is 18.8 Å². The predicted octanol–water partition coefficient (Wildman–Crippen LogP) is 4.48. The SMILES string of the molecule is CC1CCC(C2CC(F)C(CF)C(F)C2)CC1. The summed E-state index contributed by atoms with van der Waals surface area (Å²) in [5.74, 6) is 0.392. The van der Waals surface area contributed by atoms with E-state index < -0.39 is 24.9 Å². The van der Waals surface area contributed by atoms with Crippen LogP contribution in [0.25, 0.3) is 0 Å². The van der Waals surface area contributed by atoms with Crippen LogP contribution in [0.3, 0.4) is 0 Å². The van der Waals surface area contributed by atoms with E-state index in [1.165, 1.54) is 12.8 Å².